The van der Waals surface area contributed by atoms with Crippen LogP contribution in [0.15, 0.2) is 48.7 Å². The van der Waals surface area contributed by atoms with Gasteiger partial charge in [0.1, 0.15) is 28.6 Å². The second kappa shape index (κ2) is 9.05. The van der Waals surface area contributed by atoms with E-state index in [2.05, 4.69) is 15.3 Å². The highest BCUT2D eigenvalue weighted by Crippen LogP contribution is 2.33. The van der Waals surface area contributed by atoms with E-state index < -0.39 is 0 Å². The first-order valence-corrected chi connectivity index (χ1v) is 11.3. The molecule has 0 saturated heterocycles. The molecule has 0 bridgehead atoms. The van der Waals surface area contributed by atoms with E-state index in [0.29, 0.717) is 22.7 Å². The number of aromatic nitrogens is 6. The summed E-state index contributed by atoms with van der Waals surface area (Å²) in [6, 6.07) is 3.86. The van der Waals surface area contributed by atoms with Gasteiger partial charge in [0.2, 0.25) is 5.95 Å². The maximum Gasteiger partial charge on any atom is 0.246 e. The Bertz CT molecular complexity index is 1170. The highest BCUT2D eigenvalue weighted by atomic mass is 35.5. The lowest BCUT2D eigenvalue weighted by atomic mass is 9.95. The largest absolute Gasteiger partial charge is 0.375 e. The molecule has 0 saturated carbocycles. The lowest BCUT2D eigenvalue weighted by Gasteiger charge is -2.24. The van der Waals surface area contributed by atoms with Gasteiger partial charge in [-0.15, -0.1) is 5.10 Å². The Labute approximate surface area is 195 Å². The Morgan fingerprint density at radius 2 is 2.03 bits per heavy atom. The average molecular weight is 472 g/mol. The Balaban J connectivity index is 1.40. The van der Waals surface area contributed by atoms with Crippen molar-refractivity contribution in [2.45, 2.75) is 44.2 Å². The normalized spacial score (nSPS) is 20.8. The first kappa shape index (κ1) is 21.2. The number of rotatable bonds is 5. The minimum atomic E-state index is -0.138. The molecule has 2 atom stereocenters. The van der Waals surface area contributed by atoms with E-state index in [-0.39, 0.29) is 12.0 Å². The number of methoxy groups -OCH3 is 1. The van der Waals surface area contributed by atoms with E-state index in [1.807, 2.05) is 39.7 Å². The number of imidazole rings is 1. The Hall–Kier alpha value is -2.68. The van der Waals surface area contributed by atoms with Crippen molar-refractivity contribution in [2.75, 3.05) is 12.4 Å². The molecule has 32 heavy (non-hydrogen) atoms. The first-order chi connectivity index (χ1) is 15.6. The molecule has 0 amide bonds. The third-order valence-electron chi connectivity index (χ3n) is 5.87. The highest BCUT2D eigenvalue weighted by molar-refractivity contribution is 6.29. The summed E-state index contributed by atoms with van der Waals surface area (Å²) in [4.78, 5) is 13.2. The fraction of sp³-hybridized carbons (Fsp3) is 0.364. The van der Waals surface area contributed by atoms with Crippen LogP contribution >= 0.6 is 23.2 Å². The van der Waals surface area contributed by atoms with E-state index in [0.717, 1.165) is 48.6 Å². The van der Waals surface area contributed by atoms with Gasteiger partial charge in [0.15, 0.2) is 0 Å². The second-order valence-electron chi connectivity index (χ2n) is 7.92. The highest BCUT2D eigenvalue weighted by Gasteiger charge is 2.26. The molecular weight excluding hydrogens is 449 g/mol. The van der Waals surface area contributed by atoms with Crippen LogP contribution in [-0.4, -0.2) is 42.5 Å². The summed E-state index contributed by atoms with van der Waals surface area (Å²) in [5.41, 5.74) is 3.07. The van der Waals surface area contributed by atoms with Crippen LogP contribution < -0.4 is 5.32 Å². The third-order valence-corrected chi connectivity index (χ3v) is 6.29. The molecule has 4 heterocycles. The third kappa shape index (κ3) is 4.30. The SMILES string of the molecule is COC1CC(Nc2nc3n(n2)CCCCC3c2ccc(Cl)nc2)=CC=C1n1cnc(Cl)c1. The number of halogens is 2. The molecule has 0 fully saturated rings. The molecule has 3 aromatic rings. The van der Waals surface area contributed by atoms with Gasteiger partial charge < -0.3 is 14.6 Å². The summed E-state index contributed by atoms with van der Waals surface area (Å²) in [5, 5.41) is 9.07. The van der Waals surface area contributed by atoms with Gasteiger partial charge in [-0.05, 0) is 36.6 Å². The monoisotopic (exact) mass is 471 g/mol. The van der Waals surface area contributed by atoms with Gasteiger partial charge >= 0.3 is 0 Å². The van der Waals surface area contributed by atoms with Crippen molar-refractivity contribution in [3.05, 3.63) is 70.4 Å². The van der Waals surface area contributed by atoms with Gasteiger partial charge in [-0.1, -0.05) is 35.7 Å². The van der Waals surface area contributed by atoms with Gasteiger partial charge in [-0.2, -0.15) is 4.98 Å². The first-order valence-electron chi connectivity index (χ1n) is 10.6. The number of allylic oxidation sites excluding steroid dienone is 2. The smallest absolute Gasteiger partial charge is 0.246 e. The number of pyridine rings is 1. The molecule has 0 radical (unpaired) electrons. The number of aryl methyl sites for hydroxylation is 1. The molecular formula is C22H23Cl2N7O. The molecule has 3 aromatic heterocycles. The number of nitrogens with zero attached hydrogens (tertiary/aromatic N) is 6. The van der Waals surface area contributed by atoms with Crippen LogP contribution in [0.5, 0.6) is 0 Å². The van der Waals surface area contributed by atoms with Crippen molar-refractivity contribution in [3.8, 4) is 0 Å². The van der Waals surface area contributed by atoms with Crippen LogP contribution in [-0.2, 0) is 11.3 Å². The van der Waals surface area contributed by atoms with Crippen LogP contribution in [0, 0.1) is 0 Å². The number of hydrogen-bond donors (Lipinski definition) is 1. The number of fused-ring (bicyclic) bond motifs is 1. The van der Waals surface area contributed by atoms with E-state index in [4.69, 9.17) is 38.0 Å². The molecule has 0 aromatic carbocycles. The van der Waals surface area contributed by atoms with Crippen molar-refractivity contribution in [1.29, 1.82) is 0 Å². The van der Waals surface area contributed by atoms with Crippen LogP contribution in [0.2, 0.25) is 10.3 Å². The molecule has 1 N–H and O–H groups in total. The minimum Gasteiger partial charge on any atom is -0.375 e. The van der Waals surface area contributed by atoms with Crippen molar-refractivity contribution in [2.24, 2.45) is 0 Å². The summed E-state index contributed by atoms with van der Waals surface area (Å²) in [7, 11) is 1.70. The summed E-state index contributed by atoms with van der Waals surface area (Å²) in [6.07, 6.45) is 13.0. The molecule has 8 nitrogen and oxygen atoms in total. The summed E-state index contributed by atoms with van der Waals surface area (Å²) < 4.78 is 9.61. The molecule has 1 aliphatic heterocycles. The molecule has 2 unspecified atom stereocenters. The van der Waals surface area contributed by atoms with Crippen molar-refractivity contribution in [1.82, 2.24) is 29.3 Å². The number of ether oxygens (including phenoxy) is 1. The van der Waals surface area contributed by atoms with Crippen LogP contribution in [0.4, 0.5) is 5.95 Å². The Kier molecular flexibility index (Phi) is 5.99. The summed E-state index contributed by atoms with van der Waals surface area (Å²) in [6.45, 7) is 0.854. The van der Waals surface area contributed by atoms with Gasteiger partial charge in [0, 0.05) is 44.1 Å². The van der Waals surface area contributed by atoms with Gasteiger partial charge in [-0.3, -0.25) is 0 Å². The van der Waals surface area contributed by atoms with E-state index in [9.17, 15) is 0 Å². The minimum absolute atomic E-state index is 0.138. The fourth-order valence-corrected chi connectivity index (χ4v) is 4.54. The standard InChI is InChI=1S/C22H23Cl2N7O/c1-32-18-10-15(6-7-17(18)30-12-20(24)26-13-30)27-22-28-21-16(4-2-3-9-31(21)29-22)14-5-8-19(23)25-11-14/h5-8,11-13,16,18H,2-4,9-10H2,1H3,(H,27,29). The Morgan fingerprint density at radius 3 is 2.78 bits per heavy atom. The Morgan fingerprint density at radius 1 is 1.12 bits per heavy atom. The van der Waals surface area contributed by atoms with Crippen LogP contribution in [0.1, 0.15) is 43.0 Å². The lowest BCUT2D eigenvalue weighted by molar-refractivity contribution is 0.143. The molecule has 2 aliphatic rings. The zero-order valence-electron chi connectivity index (χ0n) is 17.6. The van der Waals surface area contributed by atoms with Gasteiger partial charge in [0.25, 0.3) is 0 Å². The predicted octanol–water partition coefficient (Wildman–Crippen LogP) is 4.75. The molecule has 5 rings (SSSR count). The number of anilines is 1. The summed E-state index contributed by atoms with van der Waals surface area (Å²) >= 11 is 12.0. The molecule has 0 spiro atoms. The zero-order chi connectivity index (χ0) is 22.1. The van der Waals surface area contributed by atoms with E-state index in [1.54, 1.807) is 19.6 Å². The van der Waals surface area contributed by atoms with Crippen LogP contribution in [0.3, 0.4) is 0 Å². The topological polar surface area (TPSA) is 82.7 Å². The fourth-order valence-electron chi connectivity index (χ4n) is 4.28. The molecule has 166 valence electrons. The number of nitrogens with one attached hydrogen (secondary N) is 1. The molecule has 1 aliphatic carbocycles. The summed E-state index contributed by atoms with van der Waals surface area (Å²) in [5.74, 6) is 1.70. The second-order valence-corrected chi connectivity index (χ2v) is 8.69. The zero-order valence-corrected chi connectivity index (χ0v) is 19.1. The van der Waals surface area contributed by atoms with Crippen LogP contribution in [0.25, 0.3) is 5.70 Å². The van der Waals surface area contributed by atoms with Crippen molar-refractivity contribution >= 4 is 34.8 Å². The quantitative estimate of drug-likeness (QED) is 0.540. The van der Waals surface area contributed by atoms with Gasteiger partial charge in [-0.25, -0.2) is 14.6 Å². The average Bonchev–Trinajstić information content (AvgIpc) is 3.35. The van der Waals surface area contributed by atoms with Gasteiger partial charge in [0.05, 0.1) is 5.70 Å². The maximum absolute atomic E-state index is 5.98. The molecule has 10 heteroatoms. The van der Waals surface area contributed by atoms with Crippen molar-refractivity contribution < 1.29 is 4.74 Å². The van der Waals surface area contributed by atoms with E-state index >= 15 is 0 Å². The lowest BCUT2D eigenvalue weighted by Crippen LogP contribution is -2.22. The maximum atomic E-state index is 5.98. The van der Waals surface area contributed by atoms with E-state index in [1.165, 1.54) is 0 Å². The number of hydrogen-bond acceptors (Lipinski definition) is 6. The van der Waals surface area contributed by atoms with Crippen molar-refractivity contribution in [3.63, 3.8) is 0 Å². The predicted molar refractivity (Wildman–Crippen MR) is 124 cm³/mol.